The van der Waals surface area contributed by atoms with E-state index in [9.17, 15) is 8.78 Å². The minimum atomic E-state index is -0.788. The highest BCUT2D eigenvalue weighted by Crippen LogP contribution is 2.30. The van der Waals surface area contributed by atoms with Gasteiger partial charge in [0, 0.05) is 44.9 Å². The maximum Gasteiger partial charge on any atom is 0.223 e. The molecule has 1 saturated heterocycles. The fraction of sp³-hybridized carbons (Fsp3) is 0.280. The zero-order valence-corrected chi connectivity index (χ0v) is 21.6. The number of nitrogen functional groups attached to an aromatic ring is 1. The number of benzene rings is 1. The van der Waals surface area contributed by atoms with Gasteiger partial charge < -0.3 is 19.8 Å². The Kier molecular flexibility index (Phi) is 6.15. The van der Waals surface area contributed by atoms with Crippen LogP contribution < -0.4 is 15.4 Å². The van der Waals surface area contributed by atoms with Crippen molar-refractivity contribution in [3.63, 3.8) is 0 Å². The van der Waals surface area contributed by atoms with Crippen LogP contribution >= 0.6 is 0 Å². The largest absolute Gasteiger partial charge is 0.482 e. The van der Waals surface area contributed by atoms with Crippen molar-refractivity contribution in [1.29, 1.82) is 0 Å². The van der Waals surface area contributed by atoms with E-state index >= 15 is 0 Å². The second-order valence-corrected chi connectivity index (χ2v) is 9.58. The van der Waals surface area contributed by atoms with Crippen LogP contribution in [0.15, 0.2) is 47.2 Å². The molecule has 16 heteroatoms. The first-order valence-corrected chi connectivity index (χ1v) is 12.9. The maximum absolute atomic E-state index is 14.7. The number of hydrogen-bond acceptors (Lipinski definition) is 11. The van der Waals surface area contributed by atoms with E-state index in [0.717, 1.165) is 17.0 Å². The van der Waals surface area contributed by atoms with Gasteiger partial charge in [-0.1, -0.05) is 0 Å². The predicted octanol–water partition coefficient (Wildman–Crippen LogP) is 2.11. The van der Waals surface area contributed by atoms with E-state index in [2.05, 4.69) is 40.7 Å². The van der Waals surface area contributed by atoms with Crippen LogP contribution in [0, 0.1) is 11.6 Å². The van der Waals surface area contributed by atoms with Gasteiger partial charge in [0.25, 0.3) is 0 Å². The first kappa shape index (κ1) is 24.9. The Morgan fingerprint density at radius 1 is 1.07 bits per heavy atom. The van der Waals surface area contributed by atoms with Gasteiger partial charge in [-0.25, -0.2) is 18.6 Å². The van der Waals surface area contributed by atoms with E-state index in [1.807, 2.05) is 21.7 Å². The zero-order chi connectivity index (χ0) is 27.9. The molecule has 0 amide bonds. The van der Waals surface area contributed by atoms with Gasteiger partial charge in [-0.15, -0.1) is 5.10 Å². The summed E-state index contributed by atoms with van der Waals surface area (Å²) in [7, 11) is 0. The summed E-state index contributed by atoms with van der Waals surface area (Å²) in [5.41, 5.74) is 8.63. The lowest BCUT2D eigenvalue weighted by atomic mass is 10.2. The van der Waals surface area contributed by atoms with Crippen LogP contribution in [0.25, 0.3) is 28.0 Å². The second-order valence-electron chi connectivity index (χ2n) is 9.58. The highest BCUT2D eigenvalue weighted by molar-refractivity contribution is 5.93. The molecule has 0 bridgehead atoms. The number of nitrogens with two attached hydrogens (primary N) is 1. The third-order valence-corrected chi connectivity index (χ3v) is 7.10. The number of rotatable bonds is 8. The predicted molar refractivity (Wildman–Crippen MR) is 142 cm³/mol. The van der Waals surface area contributed by atoms with E-state index < -0.39 is 11.6 Å². The summed E-state index contributed by atoms with van der Waals surface area (Å²) in [5.74, 6) is -0.272. The SMILES string of the molecule is Nc1nc2c(cnn2CCN2CCN(c3cc(OCc4nnn[nH]4)c(F)cc3F)CC2)c2cc(-c3ccco3)nn12. The van der Waals surface area contributed by atoms with Crippen molar-refractivity contribution in [2.24, 2.45) is 0 Å². The molecule has 1 aliphatic heterocycles. The van der Waals surface area contributed by atoms with Gasteiger partial charge in [-0.3, -0.25) is 4.90 Å². The molecule has 6 heterocycles. The average molecular weight is 563 g/mol. The van der Waals surface area contributed by atoms with E-state index in [1.165, 1.54) is 6.07 Å². The normalized spacial score (nSPS) is 14.4. The van der Waals surface area contributed by atoms with Crippen molar-refractivity contribution in [3.8, 4) is 17.2 Å². The highest BCUT2D eigenvalue weighted by atomic mass is 19.1. The van der Waals surface area contributed by atoms with Gasteiger partial charge in [0.1, 0.15) is 18.1 Å². The number of aromatic amines is 1. The van der Waals surface area contributed by atoms with Crippen LogP contribution in [0.2, 0.25) is 0 Å². The van der Waals surface area contributed by atoms with Gasteiger partial charge in [-0.05, 0) is 28.6 Å². The molecule has 0 saturated carbocycles. The second kappa shape index (κ2) is 10.1. The Bertz CT molecular complexity index is 1810. The van der Waals surface area contributed by atoms with Gasteiger partial charge in [-0.2, -0.15) is 19.7 Å². The molecule has 3 N–H and O–H groups in total. The molecule has 1 aromatic carbocycles. The summed E-state index contributed by atoms with van der Waals surface area (Å²) in [4.78, 5) is 8.70. The Morgan fingerprint density at radius 2 is 1.95 bits per heavy atom. The Hall–Kier alpha value is -5.12. The molecule has 0 atom stereocenters. The number of furan rings is 1. The molecule has 6 aromatic rings. The first-order chi connectivity index (χ1) is 20.0. The number of piperazine rings is 1. The molecule has 0 aliphatic carbocycles. The van der Waals surface area contributed by atoms with Crippen LogP contribution in [-0.2, 0) is 13.2 Å². The van der Waals surface area contributed by atoms with E-state index in [1.54, 1.807) is 23.0 Å². The van der Waals surface area contributed by atoms with Gasteiger partial charge >= 0.3 is 0 Å². The summed E-state index contributed by atoms with van der Waals surface area (Å²) in [6.07, 6.45) is 3.36. The maximum atomic E-state index is 14.7. The Labute approximate surface area is 230 Å². The van der Waals surface area contributed by atoms with E-state index in [-0.39, 0.29) is 24.0 Å². The lowest BCUT2D eigenvalue weighted by Crippen LogP contribution is -2.47. The average Bonchev–Trinajstić information content (AvgIpc) is 3.78. The minimum Gasteiger partial charge on any atom is -0.482 e. The molecule has 14 nitrogen and oxygen atoms in total. The van der Waals surface area contributed by atoms with Crippen molar-refractivity contribution in [2.45, 2.75) is 13.2 Å². The number of anilines is 2. The molecule has 1 aliphatic rings. The zero-order valence-electron chi connectivity index (χ0n) is 21.6. The number of nitrogens with zero attached hydrogens (tertiary/aromatic N) is 10. The summed E-state index contributed by atoms with van der Waals surface area (Å²) in [6, 6.07) is 7.76. The monoisotopic (exact) mass is 562 g/mol. The number of H-pyrrole nitrogens is 1. The molecule has 1 fully saturated rings. The van der Waals surface area contributed by atoms with Gasteiger partial charge in [0.05, 0.1) is 35.6 Å². The smallest absolute Gasteiger partial charge is 0.223 e. The number of tetrazole rings is 1. The van der Waals surface area contributed by atoms with Crippen LogP contribution in [-0.4, -0.2) is 82.6 Å². The van der Waals surface area contributed by atoms with Crippen molar-refractivity contribution < 1.29 is 17.9 Å². The van der Waals surface area contributed by atoms with Crippen LogP contribution in [0.5, 0.6) is 5.75 Å². The quantitative estimate of drug-likeness (QED) is 0.280. The summed E-state index contributed by atoms with van der Waals surface area (Å²) in [6.45, 7) is 3.72. The molecule has 41 heavy (non-hydrogen) atoms. The lowest BCUT2D eigenvalue weighted by Gasteiger charge is -2.36. The number of ether oxygens (including phenoxy) is 1. The lowest BCUT2D eigenvalue weighted by molar-refractivity contribution is 0.244. The fourth-order valence-electron chi connectivity index (χ4n) is 5.00. The molecule has 7 rings (SSSR count). The highest BCUT2D eigenvalue weighted by Gasteiger charge is 2.23. The molecule has 5 aromatic heterocycles. The number of fused-ring (bicyclic) bond motifs is 3. The van der Waals surface area contributed by atoms with E-state index in [4.69, 9.17) is 14.9 Å². The van der Waals surface area contributed by atoms with Crippen LogP contribution in [0.1, 0.15) is 5.82 Å². The Balaban J connectivity index is 1.01. The standard InChI is InChI=1S/C25H24F2N12O2/c26-16-10-17(27)22(41-14-23-31-34-35-32-23)12-20(16)37-6-3-36(4-7-37)5-8-38-24-15(13-29-38)19-11-18(21-2-1-9-40-21)33-39(19)25(28)30-24/h1-2,9-13H,3-8,14H2,(H2,28,30)(H,31,32,34,35). The van der Waals surface area contributed by atoms with Gasteiger partial charge in [0.15, 0.2) is 28.8 Å². The molecular formula is C25H24F2N12O2. The molecule has 0 radical (unpaired) electrons. The van der Waals surface area contributed by atoms with Crippen LogP contribution in [0.4, 0.5) is 20.4 Å². The summed E-state index contributed by atoms with van der Waals surface area (Å²) in [5, 5.41) is 23.1. The number of nitrogens with one attached hydrogen (secondary N) is 1. The molecule has 210 valence electrons. The number of halogens is 2. The molecular weight excluding hydrogens is 538 g/mol. The van der Waals surface area contributed by atoms with Crippen LogP contribution in [0.3, 0.4) is 0 Å². The summed E-state index contributed by atoms with van der Waals surface area (Å²) >= 11 is 0. The third-order valence-electron chi connectivity index (χ3n) is 7.10. The van der Waals surface area contributed by atoms with Crippen molar-refractivity contribution in [2.75, 3.05) is 43.4 Å². The first-order valence-electron chi connectivity index (χ1n) is 12.9. The number of aromatic nitrogens is 9. The number of hydrogen-bond donors (Lipinski definition) is 2. The van der Waals surface area contributed by atoms with E-state index in [0.29, 0.717) is 62.2 Å². The van der Waals surface area contributed by atoms with Crippen molar-refractivity contribution >= 4 is 28.2 Å². The summed E-state index contributed by atoms with van der Waals surface area (Å²) < 4.78 is 43.4. The van der Waals surface area contributed by atoms with Gasteiger partial charge in [0.2, 0.25) is 5.95 Å². The third kappa shape index (κ3) is 4.67. The minimum absolute atomic E-state index is 0.0664. The molecule has 0 spiro atoms. The fourth-order valence-corrected chi connectivity index (χ4v) is 5.00. The van der Waals surface area contributed by atoms with Crippen molar-refractivity contribution in [1.82, 2.24) is 49.9 Å². The van der Waals surface area contributed by atoms with Crippen molar-refractivity contribution in [3.05, 3.63) is 60.3 Å². The molecule has 0 unspecified atom stereocenters. The topological polar surface area (TPSA) is 157 Å². The Morgan fingerprint density at radius 3 is 2.73 bits per heavy atom.